The van der Waals surface area contributed by atoms with Gasteiger partial charge < -0.3 is 20.4 Å². The van der Waals surface area contributed by atoms with E-state index in [1.165, 1.54) is 5.56 Å². The first-order chi connectivity index (χ1) is 16.0. The third kappa shape index (κ3) is 3.28. The Bertz CT molecular complexity index is 1200. The van der Waals surface area contributed by atoms with Crippen molar-refractivity contribution in [1.82, 2.24) is 15.3 Å². The van der Waals surface area contributed by atoms with Crippen LogP contribution < -0.4 is 10.2 Å². The predicted octanol–water partition coefficient (Wildman–Crippen LogP) is 4.16. The van der Waals surface area contributed by atoms with Crippen LogP contribution in [0.3, 0.4) is 0 Å². The van der Waals surface area contributed by atoms with Crippen LogP contribution in [0.25, 0.3) is 0 Å². The van der Waals surface area contributed by atoms with E-state index < -0.39 is 12.2 Å². The number of rotatable bonds is 3. The highest BCUT2D eigenvalue weighted by Gasteiger charge is 2.50. The highest BCUT2D eigenvalue weighted by molar-refractivity contribution is 6.30. The molecule has 3 N–H and O–H groups in total. The molecule has 1 fully saturated rings. The van der Waals surface area contributed by atoms with Gasteiger partial charge in [-0.2, -0.15) is 0 Å². The number of fused-ring (bicyclic) bond motifs is 3. The lowest BCUT2D eigenvalue weighted by Gasteiger charge is -2.27. The average Bonchev–Trinajstić information content (AvgIpc) is 3.49. The van der Waals surface area contributed by atoms with Gasteiger partial charge in [-0.15, -0.1) is 0 Å². The van der Waals surface area contributed by atoms with Gasteiger partial charge in [0.2, 0.25) is 0 Å². The average molecular weight is 463 g/mol. The summed E-state index contributed by atoms with van der Waals surface area (Å²) in [4.78, 5) is 11.4. The van der Waals surface area contributed by atoms with Crippen molar-refractivity contribution in [3.8, 4) is 0 Å². The first-order valence-electron chi connectivity index (χ1n) is 11.5. The van der Waals surface area contributed by atoms with Gasteiger partial charge in [0.1, 0.15) is 12.1 Å². The second-order valence-electron chi connectivity index (χ2n) is 9.72. The van der Waals surface area contributed by atoms with Crippen LogP contribution in [0.1, 0.15) is 60.3 Å². The fourth-order valence-corrected chi connectivity index (χ4v) is 6.20. The minimum absolute atomic E-state index is 0.0592. The lowest BCUT2D eigenvalue weighted by Crippen LogP contribution is -2.34. The molecule has 1 aliphatic carbocycles. The van der Waals surface area contributed by atoms with E-state index in [0.29, 0.717) is 11.4 Å². The number of hydrogen-bond acceptors (Lipinski definition) is 6. The Labute approximate surface area is 198 Å². The van der Waals surface area contributed by atoms with Gasteiger partial charge in [-0.05, 0) is 48.1 Å². The topological polar surface area (TPSA) is 81.5 Å². The molecule has 6 rings (SSSR count). The van der Waals surface area contributed by atoms with Gasteiger partial charge in [-0.25, -0.2) is 9.97 Å². The fourth-order valence-electron chi connectivity index (χ4n) is 6.07. The van der Waals surface area contributed by atoms with Crippen LogP contribution in [0.15, 0.2) is 54.9 Å². The van der Waals surface area contributed by atoms with Crippen molar-refractivity contribution in [2.45, 2.75) is 49.3 Å². The van der Waals surface area contributed by atoms with Crippen molar-refractivity contribution in [3.05, 3.63) is 82.3 Å². The minimum atomic E-state index is -0.610. The molecule has 170 valence electrons. The molecule has 0 amide bonds. The van der Waals surface area contributed by atoms with Crippen molar-refractivity contribution in [2.24, 2.45) is 0 Å². The van der Waals surface area contributed by atoms with Gasteiger partial charge in [0, 0.05) is 40.8 Å². The van der Waals surface area contributed by atoms with E-state index in [0.717, 1.165) is 47.8 Å². The summed E-state index contributed by atoms with van der Waals surface area (Å²) in [6.45, 7) is 3.69. The summed E-state index contributed by atoms with van der Waals surface area (Å²) in [7, 11) is 0. The Morgan fingerprint density at radius 1 is 1.15 bits per heavy atom. The number of halogens is 1. The molecule has 6 nitrogen and oxygen atoms in total. The molecule has 2 aromatic carbocycles. The molecular weight excluding hydrogens is 436 g/mol. The van der Waals surface area contributed by atoms with Crippen molar-refractivity contribution in [3.63, 3.8) is 0 Å². The standard InChI is InChI=1S/C26H27ClN4O2/c1-15-10-21(32)23-22(15)25(30-14-29-23)31-13-26(18-4-2-3-5-20(18)31)11-19(28-12-26)24(33)16-6-8-17(27)9-7-16/h2-9,14-15,19,21,24,28,32-33H,10-13H2,1H3/t15-,19?,21-,24+,26+/m1/s1. The molecule has 3 heterocycles. The fraction of sp³-hybridized carbons (Fsp3) is 0.385. The van der Waals surface area contributed by atoms with Crippen LogP contribution in [0.2, 0.25) is 5.02 Å². The number of hydrogen-bond donors (Lipinski definition) is 3. The smallest absolute Gasteiger partial charge is 0.140 e. The summed E-state index contributed by atoms with van der Waals surface area (Å²) in [6.07, 6.45) is 1.93. The Balaban J connectivity index is 1.35. The van der Waals surface area contributed by atoms with Gasteiger partial charge in [0.15, 0.2) is 0 Å². The molecule has 5 atom stereocenters. The Morgan fingerprint density at radius 2 is 1.94 bits per heavy atom. The molecule has 1 aromatic heterocycles. The normalized spacial score (nSPS) is 28.8. The van der Waals surface area contributed by atoms with Crippen LogP contribution in [0.4, 0.5) is 11.5 Å². The number of aliphatic hydroxyl groups is 2. The van der Waals surface area contributed by atoms with E-state index in [-0.39, 0.29) is 17.4 Å². The van der Waals surface area contributed by atoms with E-state index in [1.807, 2.05) is 24.3 Å². The summed E-state index contributed by atoms with van der Waals surface area (Å²) in [5.41, 5.74) is 4.98. The zero-order valence-electron chi connectivity index (χ0n) is 18.4. The van der Waals surface area contributed by atoms with Crippen LogP contribution >= 0.6 is 11.6 Å². The van der Waals surface area contributed by atoms with E-state index >= 15 is 0 Å². The van der Waals surface area contributed by atoms with Crippen LogP contribution in [-0.2, 0) is 5.41 Å². The highest BCUT2D eigenvalue weighted by Crippen LogP contribution is 2.52. The lowest BCUT2D eigenvalue weighted by molar-refractivity contribution is 0.135. The second-order valence-corrected chi connectivity index (χ2v) is 10.2. The lowest BCUT2D eigenvalue weighted by atomic mass is 9.79. The van der Waals surface area contributed by atoms with E-state index in [1.54, 1.807) is 6.33 Å². The molecule has 33 heavy (non-hydrogen) atoms. The summed E-state index contributed by atoms with van der Waals surface area (Å²) >= 11 is 6.04. The number of nitrogens with zero attached hydrogens (tertiary/aromatic N) is 3. The monoisotopic (exact) mass is 462 g/mol. The number of benzene rings is 2. The SMILES string of the molecule is C[C@@H]1C[C@@H](O)c2ncnc(N3C[C@]4(CNC([C@@H](O)c5ccc(Cl)cc5)C4)c4ccccc43)c21. The first-order valence-corrected chi connectivity index (χ1v) is 11.9. The Kier molecular flexibility index (Phi) is 4.96. The predicted molar refractivity (Wildman–Crippen MR) is 128 cm³/mol. The summed E-state index contributed by atoms with van der Waals surface area (Å²) in [5, 5.41) is 25.9. The molecule has 3 aliphatic rings. The molecule has 1 unspecified atom stereocenters. The molecule has 3 aromatic rings. The maximum atomic E-state index is 11.1. The quantitative estimate of drug-likeness (QED) is 0.542. The molecule has 2 aliphatic heterocycles. The number of aromatic nitrogens is 2. The van der Waals surface area contributed by atoms with Crippen molar-refractivity contribution in [1.29, 1.82) is 0 Å². The Morgan fingerprint density at radius 3 is 2.76 bits per heavy atom. The molecule has 0 radical (unpaired) electrons. The zero-order chi connectivity index (χ0) is 22.7. The van der Waals surface area contributed by atoms with Gasteiger partial charge >= 0.3 is 0 Å². The van der Waals surface area contributed by atoms with E-state index in [9.17, 15) is 10.2 Å². The third-order valence-corrected chi connectivity index (χ3v) is 7.92. The summed E-state index contributed by atoms with van der Waals surface area (Å²) in [6, 6.07) is 15.9. The molecule has 1 spiro atoms. The molecule has 1 saturated heterocycles. The van der Waals surface area contributed by atoms with Gasteiger partial charge in [-0.1, -0.05) is 48.9 Å². The van der Waals surface area contributed by atoms with Gasteiger partial charge in [-0.3, -0.25) is 0 Å². The number of aliphatic hydroxyl groups excluding tert-OH is 2. The third-order valence-electron chi connectivity index (χ3n) is 7.67. The van der Waals surface area contributed by atoms with Crippen LogP contribution in [-0.4, -0.2) is 39.3 Å². The highest BCUT2D eigenvalue weighted by atomic mass is 35.5. The molecule has 7 heteroatoms. The molecule has 0 saturated carbocycles. The number of para-hydroxylation sites is 1. The summed E-state index contributed by atoms with van der Waals surface area (Å²) < 4.78 is 0. The summed E-state index contributed by atoms with van der Waals surface area (Å²) in [5.74, 6) is 1.10. The number of anilines is 2. The van der Waals surface area contributed by atoms with Crippen molar-refractivity contribution < 1.29 is 10.2 Å². The molecular formula is C26H27ClN4O2. The van der Waals surface area contributed by atoms with Crippen molar-refractivity contribution >= 4 is 23.1 Å². The Hall–Kier alpha value is -2.51. The minimum Gasteiger partial charge on any atom is -0.387 e. The van der Waals surface area contributed by atoms with Gasteiger partial charge in [0.25, 0.3) is 0 Å². The maximum absolute atomic E-state index is 11.1. The van der Waals surface area contributed by atoms with E-state index in [4.69, 9.17) is 16.6 Å². The molecule has 0 bridgehead atoms. The zero-order valence-corrected chi connectivity index (χ0v) is 19.2. The first kappa shape index (κ1) is 21.1. The van der Waals surface area contributed by atoms with E-state index in [2.05, 4.69) is 46.4 Å². The largest absolute Gasteiger partial charge is 0.387 e. The number of nitrogens with one attached hydrogen (secondary N) is 1. The maximum Gasteiger partial charge on any atom is 0.140 e. The van der Waals surface area contributed by atoms with Crippen molar-refractivity contribution in [2.75, 3.05) is 18.0 Å². The van der Waals surface area contributed by atoms with Crippen LogP contribution in [0.5, 0.6) is 0 Å². The second kappa shape index (κ2) is 7.77. The van der Waals surface area contributed by atoms with Crippen LogP contribution in [0, 0.1) is 0 Å². The van der Waals surface area contributed by atoms with Gasteiger partial charge in [0.05, 0.1) is 17.9 Å².